The molecule has 1 fully saturated rings. The van der Waals surface area contributed by atoms with Crippen molar-refractivity contribution in [1.29, 1.82) is 0 Å². The fourth-order valence-corrected chi connectivity index (χ4v) is 2.50. The molecule has 0 heterocycles. The number of hydrogen-bond donors (Lipinski definition) is 2. The van der Waals surface area contributed by atoms with Gasteiger partial charge >= 0.3 is 0 Å². The highest BCUT2D eigenvalue weighted by atomic mass is 19.1. The van der Waals surface area contributed by atoms with Crippen LogP contribution in [0.2, 0.25) is 0 Å². The molecule has 110 valence electrons. The molecule has 0 saturated heterocycles. The molecule has 1 aliphatic rings. The molecule has 0 radical (unpaired) electrons. The molecule has 5 heteroatoms. The first-order valence-electron chi connectivity index (χ1n) is 7.08. The molecule has 0 unspecified atom stereocenters. The van der Waals surface area contributed by atoms with Gasteiger partial charge in [-0.3, -0.25) is 4.79 Å². The van der Waals surface area contributed by atoms with Crippen molar-refractivity contribution in [3.63, 3.8) is 0 Å². The summed E-state index contributed by atoms with van der Waals surface area (Å²) >= 11 is 0. The Balaban J connectivity index is 1.73. The number of benzene rings is 1. The van der Waals surface area contributed by atoms with E-state index in [1.54, 1.807) is 0 Å². The SMILES string of the molecule is Nc1ccc(F)c(NC(=O)COCC2CCCCC2)c1. The topological polar surface area (TPSA) is 64.3 Å². The van der Waals surface area contributed by atoms with Crippen LogP contribution >= 0.6 is 0 Å². The first kappa shape index (κ1) is 14.8. The van der Waals surface area contributed by atoms with Gasteiger partial charge in [0.1, 0.15) is 12.4 Å². The molecular formula is C15H21FN2O2. The van der Waals surface area contributed by atoms with Crippen molar-refractivity contribution in [2.45, 2.75) is 32.1 Å². The smallest absolute Gasteiger partial charge is 0.250 e. The molecule has 1 amide bonds. The second kappa shape index (κ2) is 7.24. The van der Waals surface area contributed by atoms with Crippen LogP contribution in [0.15, 0.2) is 18.2 Å². The van der Waals surface area contributed by atoms with E-state index < -0.39 is 5.82 Å². The predicted molar refractivity (Wildman–Crippen MR) is 76.8 cm³/mol. The summed E-state index contributed by atoms with van der Waals surface area (Å²) in [6, 6.07) is 4.08. The number of hydrogen-bond acceptors (Lipinski definition) is 3. The summed E-state index contributed by atoms with van der Waals surface area (Å²) < 4.78 is 18.8. The maximum Gasteiger partial charge on any atom is 0.250 e. The van der Waals surface area contributed by atoms with Gasteiger partial charge in [-0.1, -0.05) is 19.3 Å². The number of nitrogen functional groups attached to an aromatic ring is 1. The lowest BCUT2D eigenvalue weighted by molar-refractivity contribution is -0.121. The summed E-state index contributed by atoms with van der Waals surface area (Å²) in [5.74, 6) is -0.300. The van der Waals surface area contributed by atoms with Gasteiger partial charge < -0.3 is 15.8 Å². The summed E-state index contributed by atoms with van der Waals surface area (Å²) in [5.41, 5.74) is 6.05. The quantitative estimate of drug-likeness (QED) is 0.815. The monoisotopic (exact) mass is 280 g/mol. The molecule has 4 nitrogen and oxygen atoms in total. The average Bonchev–Trinajstić information content (AvgIpc) is 2.44. The Morgan fingerprint density at radius 3 is 2.85 bits per heavy atom. The largest absolute Gasteiger partial charge is 0.399 e. The van der Waals surface area contributed by atoms with E-state index in [4.69, 9.17) is 10.5 Å². The Morgan fingerprint density at radius 2 is 2.10 bits per heavy atom. The summed E-state index contributed by atoms with van der Waals surface area (Å²) in [5, 5.41) is 2.47. The van der Waals surface area contributed by atoms with Crippen molar-refractivity contribution in [3.05, 3.63) is 24.0 Å². The molecule has 1 aromatic carbocycles. The number of amides is 1. The number of rotatable bonds is 5. The molecule has 0 aliphatic heterocycles. The zero-order valence-corrected chi connectivity index (χ0v) is 11.5. The number of carbonyl (C=O) groups excluding carboxylic acids is 1. The van der Waals surface area contributed by atoms with Gasteiger partial charge in [0.25, 0.3) is 0 Å². The molecule has 0 spiro atoms. The third kappa shape index (κ3) is 4.49. The van der Waals surface area contributed by atoms with Crippen LogP contribution in [0, 0.1) is 11.7 Å². The van der Waals surface area contributed by atoms with Gasteiger partial charge in [-0.25, -0.2) is 4.39 Å². The zero-order chi connectivity index (χ0) is 14.4. The van der Waals surface area contributed by atoms with Gasteiger partial charge in [-0.05, 0) is 37.0 Å². The van der Waals surface area contributed by atoms with Crippen LogP contribution < -0.4 is 11.1 Å². The van der Waals surface area contributed by atoms with Crippen LogP contribution in [-0.2, 0) is 9.53 Å². The highest BCUT2D eigenvalue weighted by Gasteiger charge is 2.14. The summed E-state index contributed by atoms with van der Waals surface area (Å²) in [6.07, 6.45) is 6.13. The lowest BCUT2D eigenvalue weighted by Gasteiger charge is -2.21. The average molecular weight is 280 g/mol. The Kier molecular flexibility index (Phi) is 5.35. The van der Waals surface area contributed by atoms with Crippen molar-refractivity contribution < 1.29 is 13.9 Å². The Morgan fingerprint density at radius 1 is 1.35 bits per heavy atom. The maximum atomic E-state index is 13.4. The third-order valence-electron chi connectivity index (χ3n) is 3.58. The molecule has 0 aromatic heterocycles. The Bertz CT molecular complexity index is 459. The maximum absolute atomic E-state index is 13.4. The highest BCUT2D eigenvalue weighted by molar-refractivity contribution is 5.92. The second-order valence-electron chi connectivity index (χ2n) is 5.31. The fourth-order valence-electron chi connectivity index (χ4n) is 2.50. The van der Waals surface area contributed by atoms with E-state index in [1.807, 2.05) is 0 Å². The zero-order valence-electron chi connectivity index (χ0n) is 11.5. The number of carbonyl (C=O) groups is 1. The number of nitrogens with two attached hydrogens (primary N) is 1. The van der Waals surface area contributed by atoms with E-state index in [0.29, 0.717) is 18.2 Å². The first-order chi connectivity index (χ1) is 9.65. The van der Waals surface area contributed by atoms with Crippen molar-refractivity contribution in [3.8, 4) is 0 Å². The molecule has 1 aliphatic carbocycles. The van der Waals surface area contributed by atoms with E-state index in [0.717, 1.165) is 0 Å². The molecule has 0 bridgehead atoms. The predicted octanol–water partition coefficient (Wildman–Crippen LogP) is 2.94. The Labute approximate surface area is 118 Å². The minimum Gasteiger partial charge on any atom is -0.399 e. The minimum absolute atomic E-state index is 0.0509. The van der Waals surface area contributed by atoms with Gasteiger partial charge in [0.15, 0.2) is 0 Å². The van der Waals surface area contributed by atoms with E-state index in [2.05, 4.69) is 5.32 Å². The summed E-state index contributed by atoms with van der Waals surface area (Å²) in [7, 11) is 0. The van der Waals surface area contributed by atoms with Crippen LogP contribution in [0.25, 0.3) is 0 Å². The van der Waals surface area contributed by atoms with Gasteiger partial charge in [0, 0.05) is 5.69 Å². The summed E-state index contributed by atoms with van der Waals surface area (Å²) in [6.45, 7) is 0.553. The van der Waals surface area contributed by atoms with Crippen LogP contribution in [0.1, 0.15) is 32.1 Å². The van der Waals surface area contributed by atoms with Gasteiger partial charge in [-0.15, -0.1) is 0 Å². The first-order valence-corrected chi connectivity index (χ1v) is 7.08. The van der Waals surface area contributed by atoms with E-state index in [9.17, 15) is 9.18 Å². The molecule has 1 saturated carbocycles. The van der Waals surface area contributed by atoms with Crippen molar-refractivity contribution >= 4 is 17.3 Å². The second-order valence-corrected chi connectivity index (χ2v) is 5.31. The van der Waals surface area contributed by atoms with Gasteiger partial charge in [0.2, 0.25) is 5.91 Å². The van der Waals surface area contributed by atoms with E-state index in [1.165, 1.54) is 50.3 Å². The number of anilines is 2. The van der Waals surface area contributed by atoms with Crippen LogP contribution in [0.5, 0.6) is 0 Å². The number of nitrogens with one attached hydrogen (secondary N) is 1. The van der Waals surface area contributed by atoms with E-state index in [-0.39, 0.29) is 18.2 Å². The molecule has 1 aromatic rings. The van der Waals surface area contributed by atoms with Crippen LogP contribution in [-0.4, -0.2) is 19.1 Å². The lowest BCUT2D eigenvalue weighted by atomic mass is 9.90. The highest BCUT2D eigenvalue weighted by Crippen LogP contribution is 2.23. The third-order valence-corrected chi connectivity index (χ3v) is 3.58. The van der Waals surface area contributed by atoms with Gasteiger partial charge in [-0.2, -0.15) is 0 Å². The van der Waals surface area contributed by atoms with Crippen molar-refractivity contribution in [2.75, 3.05) is 24.3 Å². The molecule has 0 atom stereocenters. The fraction of sp³-hybridized carbons (Fsp3) is 0.533. The van der Waals surface area contributed by atoms with Crippen LogP contribution in [0.4, 0.5) is 15.8 Å². The number of halogens is 1. The molecule has 2 rings (SSSR count). The van der Waals surface area contributed by atoms with Gasteiger partial charge in [0.05, 0.1) is 12.3 Å². The normalized spacial score (nSPS) is 16.1. The van der Waals surface area contributed by atoms with Crippen LogP contribution in [0.3, 0.4) is 0 Å². The van der Waals surface area contributed by atoms with Crippen molar-refractivity contribution in [1.82, 2.24) is 0 Å². The standard InChI is InChI=1S/C15H21FN2O2/c16-13-7-6-12(17)8-14(13)18-15(19)10-20-9-11-4-2-1-3-5-11/h6-8,11H,1-5,9-10,17H2,(H,18,19). The molecule has 3 N–H and O–H groups in total. The molecular weight excluding hydrogens is 259 g/mol. The lowest BCUT2D eigenvalue weighted by Crippen LogP contribution is -2.22. The molecule has 20 heavy (non-hydrogen) atoms. The van der Waals surface area contributed by atoms with Crippen molar-refractivity contribution in [2.24, 2.45) is 5.92 Å². The Hall–Kier alpha value is -1.62. The summed E-state index contributed by atoms with van der Waals surface area (Å²) in [4.78, 5) is 11.7. The van der Waals surface area contributed by atoms with E-state index >= 15 is 0 Å². The number of ether oxygens (including phenoxy) is 1. The minimum atomic E-state index is -0.500.